The van der Waals surface area contributed by atoms with Crippen LogP contribution in [0.15, 0.2) is 95.2 Å². The summed E-state index contributed by atoms with van der Waals surface area (Å²) in [5, 5.41) is 12.7. The van der Waals surface area contributed by atoms with Gasteiger partial charge in [-0.1, -0.05) is 61.9 Å². The van der Waals surface area contributed by atoms with Gasteiger partial charge < -0.3 is 10.4 Å². The van der Waals surface area contributed by atoms with Gasteiger partial charge in [0, 0.05) is 28.4 Å². The minimum absolute atomic E-state index is 0.208. The van der Waals surface area contributed by atoms with Crippen LogP contribution in [0.4, 0.5) is 5.69 Å². The molecule has 1 atom stereocenters. The van der Waals surface area contributed by atoms with E-state index in [4.69, 9.17) is 4.99 Å². The number of fused-ring (bicyclic) bond motifs is 2. The molecular formula is C34H34N2O2. The van der Waals surface area contributed by atoms with E-state index in [9.17, 15) is 9.90 Å². The van der Waals surface area contributed by atoms with E-state index in [0.29, 0.717) is 6.54 Å². The van der Waals surface area contributed by atoms with E-state index in [-0.39, 0.29) is 11.5 Å². The number of nitrogens with zero attached hydrogens (tertiary/aromatic N) is 1. The van der Waals surface area contributed by atoms with E-state index in [2.05, 4.69) is 87.6 Å². The summed E-state index contributed by atoms with van der Waals surface area (Å²) in [6.45, 7) is 9.40. The highest BCUT2D eigenvalue weighted by atomic mass is 16.4. The first kappa shape index (κ1) is 25.5. The van der Waals surface area contributed by atoms with Crippen LogP contribution in [-0.2, 0) is 6.42 Å². The Balaban J connectivity index is 1.58. The van der Waals surface area contributed by atoms with E-state index < -0.39 is 5.97 Å². The molecule has 2 aliphatic rings. The highest BCUT2D eigenvalue weighted by Crippen LogP contribution is 2.39. The van der Waals surface area contributed by atoms with Gasteiger partial charge >= 0.3 is 5.97 Å². The van der Waals surface area contributed by atoms with Crippen LogP contribution in [0.25, 0.3) is 5.57 Å². The number of carboxylic acids is 1. The van der Waals surface area contributed by atoms with E-state index in [1.54, 1.807) is 12.1 Å². The fourth-order valence-electron chi connectivity index (χ4n) is 5.57. The van der Waals surface area contributed by atoms with Crippen LogP contribution in [0.2, 0.25) is 0 Å². The van der Waals surface area contributed by atoms with E-state index in [1.165, 1.54) is 44.5 Å². The van der Waals surface area contributed by atoms with Gasteiger partial charge in [-0.2, -0.15) is 0 Å². The van der Waals surface area contributed by atoms with Gasteiger partial charge in [0.2, 0.25) is 0 Å². The molecule has 0 aromatic heterocycles. The molecule has 0 saturated heterocycles. The third kappa shape index (κ3) is 4.87. The van der Waals surface area contributed by atoms with Gasteiger partial charge in [0.05, 0.1) is 17.8 Å². The maximum Gasteiger partial charge on any atom is 0.335 e. The molecule has 3 aromatic rings. The number of nitrogens with one attached hydrogen (secondary N) is 1. The number of aryl methyl sites for hydroxylation is 3. The summed E-state index contributed by atoms with van der Waals surface area (Å²) >= 11 is 0. The van der Waals surface area contributed by atoms with Gasteiger partial charge in [-0.15, -0.1) is 0 Å². The molecule has 0 saturated carbocycles. The largest absolute Gasteiger partial charge is 0.478 e. The van der Waals surface area contributed by atoms with Crippen molar-refractivity contribution in [2.75, 3.05) is 11.9 Å². The molecule has 4 nitrogen and oxygen atoms in total. The number of anilines is 1. The lowest BCUT2D eigenvalue weighted by Crippen LogP contribution is -2.12. The molecule has 5 rings (SSSR count). The molecule has 1 aliphatic heterocycles. The Hall–Kier alpha value is -4.18. The summed E-state index contributed by atoms with van der Waals surface area (Å²) in [4.78, 5) is 16.5. The van der Waals surface area contributed by atoms with Crippen LogP contribution in [0.3, 0.4) is 0 Å². The Morgan fingerprint density at radius 1 is 1.00 bits per heavy atom. The summed E-state index contributed by atoms with van der Waals surface area (Å²) in [6, 6.07) is 20.2. The molecule has 0 amide bonds. The normalized spacial score (nSPS) is 16.6. The molecular weight excluding hydrogens is 468 g/mol. The number of hydrogen-bond acceptors (Lipinski definition) is 3. The van der Waals surface area contributed by atoms with E-state index in [1.807, 2.05) is 12.1 Å². The molecule has 0 radical (unpaired) electrons. The molecule has 1 heterocycles. The molecule has 2 N–H and O–H groups in total. The van der Waals surface area contributed by atoms with Gasteiger partial charge in [-0.05, 0) is 90.9 Å². The SMILES string of the molecule is CCc1cccc(C)c1C1=NCC2=C(c3ccc(C)cc31)C(CC)C=C(Nc1ccc(C(=O)O)cc1)C=C2. The maximum atomic E-state index is 11.2. The highest BCUT2D eigenvalue weighted by Gasteiger charge is 2.27. The average Bonchev–Trinajstić information content (AvgIpc) is 3.18. The second-order valence-corrected chi connectivity index (χ2v) is 10.1. The van der Waals surface area contributed by atoms with Crippen LogP contribution < -0.4 is 5.32 Å². The summed E-state index contributed by atoms with van der Waals surface area (Å²) in [6.07, 6.45) is 8.54. The number of carbonyl (C=O) groups is 1. The van der Waals surface area contributed by atoms with Gasteiger partial charge in [0.25, 0.3) is 0 Å². The average molecular weight is 503 g/mol. The van der Waals surface area contributed by atoms with Crippen LogP contribution in [0, 0.1) is 19.8 Å². The first-order valence-electron chi connectivity index (χ1n) is 13.4. The first-order valence-corrected chi connectivity index (χ1v) is 13.4. The maximum absolute atomic E-state index is 11.2. The van der Waals surface area contributed by atoms with Crippen molar-refractivity contribution >= 4 is 22.9 Å². The molecule has 1 aliphatic carbocycles. The lowest BCUT2D eigenvalue weighted by Gasteiger charge is -2.22. The quantitative estimate of drug-likeness (QED) is 0.362. The number of rotatable bonds is 6. The van der Waals surface area contributed by atoms with Crippen molar-refractivity contribution in [3.8, 4) is 0 Å². The molecule has 3 aromatic carbocycles. The van der Waals surface area contributed by atoms with Crippen molar-refractivity contribution in [1.82, 2.24) is 0 Å². The van der Waals surface area contributed by atoms with Crippen molar-refractivity contribution < 1.29 is 9.90 Å². The number of aliphatic imine (C=N–C) groups is 1. The molecule has 192 valence electrons. The molecule has 0 spiro atoms. The van der Waals surface area contributed by atoms with Gasteiger partial charge in [0.15, 0.2) is 0 Å². The minimum Gasteiger partial charge on any atom is -0.478 e. The Labute approximate surface area is 225 Å². The van der Waals surface area contributed by atoms with Crippen molar-refractivity contribution in [2.24, 2.45) is 10.9 Å². The zero-order valence-electron chi connectivity index (χ0n) is 22.5. The van der Waals surface area contributed by atoms with Crippen LogP contribution in [-0.4, -0.2) is 23.3 Å². The summed E-state index contributed by atoms with van der Waals surface area (Å²) < 4.78 is 0. The van der Waals surface area contributed by atoms with E-state index in [0.717, 1.165) is 29.9 Å². The Kier molecular flexibility index (Phi) is 7.15. The summed E-state index contributed by atoms with van der Waals surface area (Å²) in [5.41, 5.74) is 13.3. The topological polar surface area (TPSA) is 61.7 Å². The smallest absolute Gasteiger partial charge is 0.335 e. The number of carboxylic acid groups (broad SMARTS) is 1. The van der Waals surface area contributed by atoms with E-state index >= 15 is 0 Å². The van der Waals surface area contributed by atoms with Crippen molar-refractivity contribution in [3.05, 3.63) is 129 Å². The predicted molar refractivity (Wildman–Crippen MR) is 157 cm³/mol. The fraction of sp³-hybridized carbons (Fsp3) is 0.235. The standard InChI is InChI=1S/C34H34N2O2/c1-5-23-9-7-8-22(4)31(23)33-30-18-21(3)10-17-29(30)32-24(6-2)19-28(16-13-26(32)20-35-33)36-27-14-11-25(12-15-27)34(37)38/h7-19,24,36H,5-6,20H2,1-4H3,(H,37,38). The molecule has 0 bridgehead atoms. The Morgan fingerprint density at radius 3 is 2.50 bits per heavy atom. The van der Waals surface area contributed by atoms with Gasteiger partial charge in [-0.25, -0.2) is 4.79 Å². The molecule has 38 heavy (non-hydrogen) atoms. The molecule has 0 fully saturated rings. The second-order valence-electron chi connectivity index (χ2n) is 10.1. The Morgan fingerprint density at radius 2 is 1.79 bits per heavy atom. The lowest BCUT2D eigenvalue weighted by atomic mass is 9.82. The number of hydrogen-bond donors (Lipinski definition) is 2. The highest BCUT2D eigenvalue weighted by molar-refractivity contribution is 6.17. The zero-order valence-corrected chi connectivity index (χ0v) is 22.5. The number of allylic oxidation sites excluding steroid dienone is 3. The fourth-order valence-corrected chi connectivity index (χ4v) is 5.57. The lowest BCUT2D eigenvalue weighted by molar-refractivity contribution is 0.0697. The minimum atomic E-state index is -0.922. The van der Waals surface area contributed by atoms with Crippen LogP contribution in [0.1, 0.15) is 64.0 Å². The number of aromatic carboxylic acids is 1. The van der Waals surface area contributed by atoms with Crippen LogP contribution >= 0.6 is 0 Å². The van der Waals surface area contributed by atoms with Gasteiger partial charge in [0.1, 0.15) is 0 Å². The van der Waals surface area contributed by atoms with Crippen molar-refractivity contribution in [1.29, 1.82) is 0 Å². The monoisotopic (exact) mass is 502 g/mol. The third-order valence-corrected chi connectivity index (χ3v) is 7.53. The first-order chi connectivity index (χ1) is 18.4. The third-order valence-electron chi connectivity index (χ3n) is 7.53. The second kappa shape index (κ2) is 10.7. The number of benzene rings is 3. The Bertz CT molecular complexity index is 1520. The zero-order chi connectivity index (χ0) is 26.8. The van der Waals surface area contributed by atoms with Crippen LogP contribution in [0.5, 0.6) is 0 Å². The van der Waals surface area contributed by atoms with Crippen molar-refractivity contribution in [3.63, 3.8) is 0 Å². The van der Waals surface area contributed by atoms with Crippen molar-refractivity contribution in [2.45, 2.75) is 40.5 Å². The predicted octanol–water partition coefficient (Wildman–Crippen LogP) is 7.76. The molecule has 1 unspecified atom stereocenters. The summed E-state index contributed by atoms with van der Waals surface area (Å²) in [7, 11) is 0. The van der Waals surface area contributed by atoms with Gasteiger partial charge in [-0.3, -0.25) is 4.99 Å². The molecule has 4 heteroatoms. The summed E-state index contributed by atoms with van der Waals surface area (Å²) in [5.74, 6) is -0.714.